The SMILES string of the molecule is CC1CCC(NC(=O)c2cc(C(C)C)n(C(C)(C)C)n2)CC1. The van der Waals surface area contributed by atoms with Crippen LogP contribution in [0.5, 0.6) is 0 Å². The first-order chi connectivity index (χ1) is 10.2. The van der Waals surface area contributed by atoms with Crippen LogP contribution in [0.2, 0.25) is 0 Å². The first kappa shape index (κ1) is 17.0. The van der Waals surface area contributed by atoms with Crippen LogP contribution in [0.25, 0.3) is 0 Å². The van der Waals surface area contributed by atoms with Gasteiger partial charge in [-0.3, -0.25) is 9.48 Å². The Hall–Kier alpha value is -1.32. The summed E-state index contributed by atoms with van der Waals surface area (Å²) in [7, 11) is 0. The van der Waals surface area contributed by atoms with Crippen molar-refractivity contribution in [3.8, 4) is 0 Å². The Morgan fingerprint density at radius 1 is 1.27 bits per heavy atom. The van der Waals surface area contributed by atoms with Gasteiger partial charge in [0.25, 0.3) is 5.91 Å². The van der Waals surface area contributed by atoms with Crippen LogP contribution in [0.4, 0.5) is 0 Å². The van der Waals surface area contributed by atoms with Crippen molar-refractivity contribution in [3.63, 3.8) is 0 Å². The third kappa shape index (κ3) is 3.90. The monoisotopic (exact) mass is 305 g/mol. The summed E-state index contributed by atoms with van der Waals surface area (Å²) in [6, 6.07) is 2.27. The molecule has 2 rings (SSSR count). The first-order valence-corrected chi connectivity index (χ1v) is 8.59. The number of nitrogens with zero attached hydrogens (tertiary/aromatic N) is 2. The van der Waals surface area contributed by atoms with E-state index in [1.807, 2.05) is 10.7 Å². The molecule has 22 heavy (non-hydrogen) atoms. The molecule has 0 saturated heterocycles. The molecule has 1 amide bonds. The van der Waals surface area contributed by atoms with Gasteiger partial charge in [-0.05, 0) is 64.4 Å². The number of carbonyl (C=O) groups is 1. The van der Waals surface area contributed by atoms with Crippen LogP contribution in [0.15, 0.2) is 6.07 Å². The minimum atomic E-state index is -0.113. The Kier molecular flexibility index (Phi) is 4.98. The highest BCUT2D eigenvalue weighted by Gasteiger charge is 2.25. The van der Waals surface area contributed by atoms with Gasteiger partial charge in [-0.15, -0.1) is 0 Å². The summed E-state index contributed by atoms with van der Waals surface area (Å²) in [5.74, 6) is 1.12. The summed E-state index contributed by atoms with van der Waals surface area (Å²) in [5.41, 5.74) is 1.56. The number of nitrogens with one attached hydrogen (secondary N) is 1. The molecule has 1 aromatic heterocycles. The lowest BCUT2D eigenvalue weighted by atomic mass is 9.87. The summed E-state index contributed by atoms with van der Waals surface area (Å²) in [4.78, 5) is 12.5. The Bertz CT molecular complexity index is 517. The minimum Gasteiger partial charge on any atom is -0.348 e. The summed E-state index contributed by atoms with van der Waals surface area (Å²) in [6.07, 6.45) is 4.59. The molecule has 0 spiro atoms. The molecule has 0 atom stereocenters. The van der Waals surface area contributed by atoms with Crippen LogP contribution >= 0.6 is 0 Å². The lowest BCUT2D eigenvalue weighted by Gasteiger charge is -2.26. The smallest absolute Gasteiger partial charge is 0.272 e. The van der Waals surface area contributed by atoms with E-state index in [0.717, 1.165) is 24.5 Å². The second-order valence-electron chi connectivity index (χ2n) is 8.12. The van der Waals surface area contributed by atoms with Gasteiger partial charge in [0.05, 0.1) is 5.54 Å². The second-order valence-corrected chi connectivity index (χ2v) is 8.12. The summed E-state index contributed by atoms with van der Waals surface area (Å²) >= 11 is 0. The highest BCUT2D eigenvalue weighted by molar-refractivity contribution is 5.92. The maximum Gasteiger partial charge on any atom is 0.272 e. The standard InChI is InChI=1S/C18H31N3O/c1-12(2)16-11-15(20-21(16)18(4,5)6)17(22)19-14-9-7-13(3)8-10-14/h11-14H,7-10H2,1-6H3,(H,19,22). The van der Waals surface area contributed by atoms with E-state index in [2.05, 4.69) is 52.0 Å². The molecule has 1 aliphatic rings. The molecule has 4 heteroatoms. The Balaban J connectivity index is 2.13. The van der Waals surface area contributed by atoms with E-state index >= 15 is 0 Å². The number of amides is 1. The van der Waals surface area contributed by atoms with Crippen LogP contribution in [0.1, 0.15) is 89.3 Å². The van der Waals surface area contributed by atoms with Crippen LogP contribution in [0.3, 0.4) is 0 Å². The normalized spacial score (nSPS) is 22.9. The van der Waals surface area contributed by atoms with Crippen molar-refractivity contribution in [2.24, 2.45) is 5.92 Å². The molecule has 0 unspecified atom stereocenters. The number of hydrogen-bond donors (Lipinski definition) is 1. The third-order valence-corrected chi connectivity index (χ3v) is 4.55. The van der Waals surface area contributed by atoms with Gasteiger partial charge in [0.2, 0.25) is 0 Å². The van der Waals surface area contributed by atoms with Crippen molar-refractivity contribution in [2.45, 2.75) is 84.7 Å². The molecule has 0 aliphatic heterocycles. The lowest BCUT2D eigenvalue weighted by molar-refractivity contribution is 0.0916. The number of aromatic nitrogens is 2. The van der Waals surface area contributed by atoms with Crippen LogP contribution in [-0.4, -0.2) is 21.7 Å². The number of carbonyl (C=O) groups excluding carboxylic acids is 1. The largest absolute Gasteiger partial charge is 0.348 e. The van der Waals surface area contributed by atoms with Gasteiger partial charge in [0, 0.05) is 11.7 Å². The molecule has 1 aromatic rings. The predicted octanol–water partition coefficient (Wildman–Crippen LogP) is 4.07. The molecule has 1 aliphatic carbocycles. The fourth-order valence-electron chi connectivity index (χ4n) is 3.12. The average molecular weight is 305 g/mol. The van der Waals surface area contributed by atoms with Gasteiger partial charge in [0.15, 0.2) is 0 Å². The highest BCUT2D eigenvalue weighted by Crippen LogP contribution is 2.25. The second kappa shape index (κ2) is 6.43. The average Bonchev–Trinajstić information content (AvgIpc) is 2.86. The van der Waals surface area contributed by atoms with Gasteiger partial charge < -0.3 is 5.32 Å². The fourth-order valence-corrected chi connectivity index (χ4v) is 3.12. The maximum atomic E-state index is 12.5. The zero-order valence-corrected chi connectivity index (χ0v) is 14.9. The maximum absolute atomic E-state index is 12.5. The molecular weight excluding hydrogens is 274 g/mol. The first-order valence-electron chi connectivity index (χ1n) is 8.59. The molecule has 1 N–H and O–H groups in total. The van der Waals surface area contributed by atoms with E-state index in [0.29, 0.717) is 17.7 Å². The summed E-state index contributed by atoms with van der Waals surface area (Å²) < 4.78 is 2.00. The minimum absolute atomic E-state index is 0.0237. The predicted molar refractivity (Wildman–Crippen MR) is 90.2 cm³/mol. The molecule has 1 heterocycles. The van der Waals surface area contributed by atoms with Crippen molar-refractivity contribution in [3.05, 3.63) is 17.5 Å². The molecule has 0 radical (unpaired) electrons. The summed E-state index contributed by atoms with van der Waals surface area (Å²) in [6.45, 7) is 12.9. The van der Waals surface area contributed by atoms with Crippen LogP contribution in [-0.2, 0) is 5.54 Å². The molecular formula is C18H31N3O. The van der Waals surface area contributed by atoms with Crippen LogP contribution < -0.4 is 5.32 Å². The quantitative estimate of drug-likeness (QED) is 0.915. The van der Waals surface area contributed by atoms with Gasteiger partial charge >= 0.3 is 0 Å². The molecule has 1 fully saturated rings. The molecule has 0 bridgehead atoms. The molecule has 4 nitrogen and oxygen atoms in total. The Labute approximate surface area is 134 Å². The van der Waals surface area contributed by atoms with Gasteiger partial charge in [-0.2, -0.15) is 5.10 Å². The van der Waals surface area contributed by atoms with Crippen molar-refractivity contribution >= 4 is 5.91 Å². The Morgan fingerprint density at radius 2 is 1.86 bits per heavy atom. The van der Waals surface area contributed by atoms with E-state index in [9.17, 15) is 4.79 Å². The fraction of sp³-hybridized carbons (Fsp3) is 0.778. The van der Waals surface area contributed by atoms with Gasteiger partial charge in [0.1, 0.15) is 5.69 Å². The number of hydrogen-bond acceptors (Lipinski definition) is 2. The summed E-state index contributed by atoms with van der Waals surface area (Å²) in [5, 5.41) is 7.76. The topological polar surface area (TPSA) is 46.9 Å². The molecule has 0 aromatic carbocycles. The highest BCUT2D eigenvalue weighted by atomic mass is 16.2. The Morgan fingerprint density at radius 3 is 2.32 bits per heavy atom. The van der Waals surface area contributed by atoms with Crippen molar-refractivity contribution in [1.82, 2.24) is 15.1 Å². The van der Waals surface area contributed by atoms with E-state index in [1.54, 1.807) is 0 Å². The van der Waals surface area contributed by atoms with E-state index in [-0.39, 0.29) is 11.4 Å². The van der Waals surface area contributed by atoms with Gasteiger partial charge in [-0.25, -0.2) is 0 Å². The third-order valence-electron chi connectivity index (χ3n) is 4.55. The molecule has 124 valence electrons. The zero-order chi connectivity index (χ0) is 16.5. The van der Waals surface area contributed by atoms with Gasteiger partial charge in [-0.1, -0.05) is 20.8 Å². The van der Waals surface area contributed by atoms with Crippen molar-refractivity contribution in [1.29, 1.82) is 0 Å². The van der Waals surface area contributed by atoms with Crippen molar-refractivity contribution < 1.29 is 4.79 Å². The number of rotatable bonds is 3. The van der Waals surface area contributed by atoms with E-state index in [4.69, 9.17) is 0 Å². The zero-order valence-electron chi connectivity index (χ0n) is 14.9. The van der Waals surface area contributed by atoms with Crippen molar-refractivity contribution in [2.75, 3.05) is 0 Å². The van der Waals surface area contributed by atoms with E-state index in [1.165, 1.54) is 12.8 Å². The van der Waals surface area contributed by atoms with Crippen LogP contribution in [0, 0.1) is 5.92 Å². The lowest BCUT2D eigenvalue weighted by Crippen LogP contribution is -2.37. The van der Waals surface area contributed by atoms with E-state index < -0.39 is 0 Å². The molecule has 1 saturated carbocycles.